The van der Waals surface area contributed by atoms with E-state index in [1.165, 1.54) is 29.7 Å². The van der Waals surface area contributed by atoms with Crippen LogP contribution in [-0.4, -0.2) is 35.8 Å². The molecular formula is C21H32N2O2S. The number of thiophene rings is 1. The van der Waals surface area contributed by atoms with Gasteiger partial charge in [0.1, 0.15) is 0 Å². The molecule has 1 aliphatic carbocycles. The minimum atomic E-state index is 0.0419. The maximum Gasteiger partial charge on any atom is 0.263 e. The van der Waals surface area contributed by atoms with Gasteiger partial charge in [-0.1, -0.05) is 20.3 Å². The molecule has 0 radical (unpaired) electrons. The van der Waals surface area contributed by atoms with Gasteiger partial charge in [0.25, 0.3) is 5.91 Å². The first-order chi connectivity index (χ1) is 12.5. The summed E-state index contributed by atoms with van der Waals surface area (Å²) < 4.78 is 0. The number of carbonyl (C=O) groups excluding carboxylic acids is 2. The largest absolute Gasteiger partial charge is 0.353 e. The van der Waals surface area contributed by atoms with Crippen LogP contribution in [0.4, 0.5) is 0 Å². The summed E-state index contributed by atoms with van der Waals surface area (Å²) >= 11 is 1.70. The first-order valence-electron chi connectivity index (χ1n) is 10.2. The molecule has 0 saturated carbocycles. The molecule has 1 fully saturated rings. The van der Waals surface area contributed by atoms with Crippen molar-refractivity contribution >= 4 is 23.2 Å². The van der Waals surface area contributed by atoms with Crippen molar-refractivity contribution in [1.29, 1.82) is 0 Å². The zero-order chi connectivity index (χ0) is 18.7. The maximum absolute atomic E-state index is 12.9. The monoisotopic (exact) mass is 376 g/mol. The standard InChI is InChI=1S/C21H32N2O2S/c1-14(2)15(3)22-20(24)16-9-11-23(12-10-16)21(25)19-13-17-7-5-4-6-8-18(17)26-19/h13-16H,4-12H2,1-3H3,(H,22,24). The van der Waals surface area contributed by atoms with Crippen LogP contribution in [0.2, 0.25) is 0 Å². The lowest BCUT2D eigenvalue weighted by Crippen LogP contribution is -2.45. The first-order valence-corrected chi connectivity index (χ1v) is 11.0. The normalized spacial score (nSPS) is 19.8. The predicted octanol–water partition coefficient (Wildman–Crippen LogP) is 4.03. The van der Waals surface area contributed by atoms with E-state index < -0.39 is 0 Å². The van der Waals surface area contributed by atoms with Gasteiger partial charge in [0, 0.05) is 29.9 Å². The van der Waals surface area contributed by atoms with Crippen LogP contribution in [-0.2, 0) is 17.6 Å². The highest BCUT2D eigenvalue weighted by atomic mass is 32.1. The van der Waals surface area contributed by atoms with E-state index in [1.54, 1.807) is 11.3 Å². The minimum Gasteiger partial charge on any atom is -0.353 e. The number of likely N-dealkylation sites (tertiary alicyclic amines) is 1. The Balaban J connectivity index is 1.54. The minimum absolute atomic E-state index is 0.0419. The van der Waals surface area contributed by atoms with E-state index in [2.05, 4.69) is 32.2 Å². The topological polar surface area (TPSA) is 49.4 Å². The average molecular weight is 377 g/mol. The summed E-state index contributed by atoms with van der Waals surface area (Å²) in [7, 11) is 0. The molecule has 1 atom stereocenters. The Morgan fingerprint density at radius 3 is 2.50 bits per heavy atom. The molecule has 5 heteroatoms. The fraction of sp³-hybridized carbons (Fsp3) is 0.714. The molecule has 1 aliphatic heterocycles. The predicted molar refractivity (Wildman–Crippen MR) is 107 cm³/mol. The van der Waals surface area contributed by atoms with Crippen LogP contribution in [0.3, 0.4) is 0 Å². The highest BCUT2D eigenvalue weighted by Crippen LogP contribution is 2.30. The van der Waals surface area contributed by atoms with Gasteiger partial charge < -0.3 is 10.2 Å². The number of piperidine rings is 1. The molecule has 2 amide bonds. The Kier molecular flexibility index (Phi) is 6.38. The number of hydrogen-bond acceptors (Lipinski definition) is 3. The van der Waals surface area contributed by atoms with E-state index >= 15 is 0 Å². The Morgan fingerprint density at radius 2 is 1.81 bits per heavy atom. The fourth-order valence-corrected chi connectivity index (χ4v) is 5.00. The van der Waals surface area contributed by atoms with Gasteiger partial charge in [0.2, 0.25) is 5.91 Å². The van der Waals surface area contributed by atoms with Crippen LogP contribution in [0.25, 0.3) is 0 Å². The van der Waals surface area contributed by atoms with Crippen LogP contribution < -0.4 is 5.32 Å². The van der Waals surface area contributed by atoms with Crippen molar-refractivity contribution in [2.45, 2.75) is 71.8 Å². The highest BCUT2D eigenvalue weighted by Gasteiger charge is 2.29. The van der Waals surface area contributed by atoms with E-state index in [1.807, 2.05) is 4.90 Å². The van der Waals surface area contributed by atoms with Crippen molar-refractivity contribution in [3.05, 3.63) is 21.4 Å². The second kappa shape index (κ2) is 8.55. The molecule has 3 rings (SSSR count). The van der Waals surface area contributed by atoms with Crippen molar-refractivity contribution in [3.8, 4) is 0 Å². The summed E-state index contributed by atoms with van der Waals surface area (Å²) in [5.74, 6) is 0.800. The van der Waals surface area contributed by atoms with Crippen molar-refractivity contribution < 1.29 is 9.59 Å². The van der Waals surface area contributed by atoms with Gasteiger partial charge in [0.05, 0.1) is 4.88 Å². The van der Waals surface area contributed by atoms with E-state index in [9.17, 15) is 9.59 Å². The number of nitrogens with zero attached hydrogens (tertiary/aromatic N) is 1. The third-order valence-corrected chi connectivity index (χ3v) is 7.21. The lowest BCUT2D eigenvalue weighted by Gasteiger charge is -2.32. The molecule has 2 aliphatic rings. The molecule has 0 spiro atoms. The number of amides is 2. The van der Waals surface area contributed by atoms with Gasteiger partial charge in [-0.25, -0.2) is 0 Å². The van der Waals surface area contributed by atoms with Crippen molar-refractivity contribution in [1.82, 2.24) is 10.2 Å². The molecule has 1 N–H and O–H groups in total. The number of nitrogens with one attached hydrogen (secondary N) is 1. The summed E-state index contributed by atoms with van der Waals surface area (Å²) in [6, 6.07) is 2.33. The van der Waals surface area contributed by atoms with Crippen LogP contribution in [0.1, 0.15) is 73.0 Å². The second-order valence-corrected chi connectivity index (χ2v) is 9.36. The Hall–Kier alpha value is -1.36. The molecule has 26 heavy (non-hydrogen) atoms. The summed E-state index contributed by atoms with van der Waals surface area (Å²) in [6.45, 7) is 7.68. The third-order valence-electron chi connectivity index (χ3n) is 5.98. The smallest absolute Gasteiger partial charge is 0.263 e. The molecular weight excluding hydrogens is 344 g/mol. The summed E-state index contributed by atoms with van der Waals surface area (Å²) in [6.07, 6.45) is 7.58. The summed E-state index contributed by atoms with van der Waals surface area (Å²) in [5, 5.41) is 3.12. The SMILES string of the molecule is CC(C)C(C)NC(=O)C1CCN(C(=O)c2cc3c(s2)CCCCC3)CC1. The molecule has 4 nitrogen and oxygen atoms in total. The van der Waals surface area contributed by atoms with Gasteiger partial charge in [-0.05, 0) is 63.0 Å². The van der Waals surface area contributed by atoms with Crippen LogP contribution in [0.15, 0.2) is 6.07 Å². The highest BCUT2D eigenvalue weighted by molar-refractivity contribution is 7.14. The molecule has 1 aromatic heterocycles. The molecule has 0 aromatic carbocycles. The second-order valence-electron chi connectivity index (χ2n) is 8.23. The number of rotatable bonds is 4. The molecule has 1 aromatic rings. The Bertz CT molecular complexity index is 621. The van der Waals surface area contributed by atoms with E-state index in [4.69, 9.17) is 0 Å². The van der Waals surface area contributed by atoms with E-state index in [-0.39, 0.29) is 23.8 Å². The van der Waals surface area contributed by atoms with E-state index in [0.29, 0.717) is 19.0 Å². The number of aryl methyl sites for hydroxylation is 2. The van der Waals surface area contributed by atoms with Crippen molar-refractivity contribution in [3.63, 3.8) is 0 Å². The zero-order valence-corrected chi connectivity index (χ0v) is 17.2. The fourth-order valence-electron chi connectivity index (χ4n) is 3.78. The molecule has 1 saturated heterocycles. The number of fused-ring (bicyclic) bond motifs is 1. The molecule has 0 bridgehead atoms. The number of hydrogen-bond donors (Lipinski definition) is 1. The molecule has 144 valence electrons. The number of carbonyl (C=O) groups is 2. The Morgan fingerprint density at radius 1 is 1.12 bits per heavy atom. The summed E-state index contributed by atoms with van der Waals surface area (Å²) in [4.78, 5) is 29.6. The molecule has 2 heterocycles. The van der Waals surface area contributed by atoms with Gasteiger partial charge in [-0.3, -0.25) is 9.59 Å². The Labute approximate surface area is 161 Å². The lowest BCUT2D eigenvalue weighted by molar-refractivity contribution is -0.127. The van der Waals surface area contributed by atoms with Crippen LogP contribution in [0, 0.1) is 11.8 Å². The van der Waals surface area contributed by atoms with Crippen molar-refractivity contribution in [2.75, 3.05) is 13.1 Å². The zero-order valence-electron chi connectivity index (χ0n) is 16.3. The quantitative estimate of drug-likeness (QED) is 0.807. The van der Waals surface area contributed by atoms with Gasteiger partial charge in [-0.15, -0.1) is 11.3 Å². The van der Waals surface area contributed by atoms with Gasteiger partial charge >= 0.3 is 0 Å². The first kappa shape index (κ1) is 19.4. The third kappa shape index (κ3) is 4.48. The average Bonchev–Trinajstić information content (AvgIpc) is 2.91. The molecule has 1 unspecified atom stereocenters. The van der Waals surface area contributed by atoms with E-state index in [0.717, 1.165) is 30.6 Å². The summed E-state index contributed by atoms with van der Waals surface area (Å²) in [5.41, 5.74) is 1.40. The van der Waals surface area contributed by atoms with Crippen molar-refractivity contribution in [2.24, 2.45) is 11.8 Å². The van der Waals surface area contributed by atoms with Gasteiger partial charge in [0.15, 0.2) is 0 Å². The van der Waals surface area contributed by atoms with Gasteiger partial charge in [-0.2, -0.15) is 0 Å². The van der Waals surface area contributed by atoms with Crippen LogP contribution in [0.5, 0.6) is 0 Å². The van der Waals surface area contributed by atoms with Crippen LogP contribution >= 0.6 is 11.3 Å². The maximum atomic E-state index is 12.9. The lowest BCUT2D eigenvalue weighted by atomic mass is 9.94.